The molecule has 0 aromatic carbocycles. The summed E-state index contributed by atoms with van der Waals surface area (Å²) in [6.07, 6.45) is 66.8. The van der Waals surface area contributed by atoms with Crippen molar-refractivity contribution < 1.29 is 15.0 Å². The molecule has 0 aromatic heterocycles. The first-order valence-electron chi connectivity index (χ1n) is 25.4. The van der Waals surface area contributed by atoms with Crippen LogP contribution in [0.5, 0.6) is 0 Å². The van der Waals surface area contributed by atoms with Gasteiger partial charge in [-0.1, -0.05) is 236 Å². The van der Waals surface area contributed by atoms with Crippen LogP contribution in [0.3, 0.4) is 0 Å². The second-order valence-corrected chi connectivity index (χ2v) is 17.2. The third-order valence-electron chi connectivity index (χ3n) is 11.5. The smallest absolute Gasteiger partial charge is 0.220 e. The number of unbranched alkanes of at least 4 members (excludes halogenated alkanes) is 33. The van der Waals surface area contributed by atoms with Gasteiger partial charge in [0.2, 0.25) is 5.91 Å². The van der Waals surface area contributed by atoms with Crippen molar-refractivity contribution in [2.45, 2.75) is 276 Å². The molecule has 0 saturated carbocycles. The predicted molar refractivity (Wildman–Crippen MR) is 253 cm³/mol. The van der Waals surface area contributed by atoms with E-state index >= 15 is 0 Å². The molecule has 2 unspecified atom stereocenters. The van der Waals surface area contributed by atoms with Crippen LogP contribution in [0, 0.1) is 0 Å². The fourth-order valence-electron chi connectivity index (χ4n) is 7.62. The predicted octanol–water partition coefficient (Wildman–Crippen LogP) is 16.3. The van der Waals surface area contributed by atoms with Crippen molar-refractivity contribution in [3.05, 3.63) is 48.6 Å². The van der Waals surface area contributed by atoms with E-state index in [1.54, 1.807) is 6.08 Å². The summed E-state index contributed by atoms with van der Waals surface area (Å²) in [5.74, 6) is -0.0815. The minimum absolute atomic E-state index is 0.0815. The van der Waals surface area contributed by atoms with E-state index < -0.39 is 12.1 Å². The Kier molecular flexibility index (Phi) is 47.3. The maximum atomic E-state index is 12.4. The van der Waals surface area contributed by atoms with Crippen molar-refractivity contribution in [3.63, 3.8) is 0 Å². The third kappa shape index (κ3) is 45.3. The van der Waals surface area contributed by atoms with E-state index in [-0.39, 0.29) is 12.5 Å². The highest BCUT2D eigenvalue weighted by Gasteiger charge is 2.17. The first-order valence-corrected chi connectivity index (χ1v) is 25.4. The molecule has 0 rings (SSSR count). The van der Waals surface area contributed by atoms with Gasteiger partial charge in [0.05, 0.1) is 18.8 Å². The number of hydrogen-bond donors (Lipinski definition) is 3. The van der Waals surface area contributed by atoms with Crippen LogP contribution in [0.15, 0.2) is 48.6 Å². The van der Waals surface area contributed by atoms with Gasteiger partial charge >= 0.3 is 0 Å². The normalized spacial score (nSPS) is 13.3. The van der Waals surface area contributed by atoms with Gasteiger partial charge in [-0.3, -0.25) is 4.79 Å². The van der Waals surface area contributed by atoms with Gasteiger partial charge in [-0.2, -0.15) is 0 Å². The molecule has 57 heavy (non-hydrogen) atoms. The number of carbonyl (C=O) groups excluding carboxylic acids is 1. The van der Waals surface area contributed by atoms with Gasteiger partial charge in [-0.05, 0) is 70.6 Å². The zero-order valence-electron chi connectivity index (χ0n) is 38.4. The largest absolute Gasteiger partial charge is 0.394 e. The summed E-state index contributed by atoms with van der Waals surface area (Å²) >= 11 is 0. The molecule has 0 spiro atoms. The minimum Gasteiger partial charge on any atom is -0.394 e. The Balaban J connectivity index is 3.59. The topological polar surface area (TPSA) is 69.6 Å². The van der Waals surface area contributed by atoms with Gasteiger partial charge in [-0.15, -0.1) is 0 Å². The number of allylic oxidation sites excluding steroid dienone is 7. The van der Waals surface area contributed by atoms with Crippen molar-refractivity contribution in [2.24, 2.45) is 0 Å². The summed E-state index contributed by atoms with van der Waals surface area (Å²) in [7, 11) is 0. The average molecular weight is 798 g/mol. The number of aliphatic hydroxyl groups is 2. The zero-order valence-corrected chi connectivity index (χ0v) is 38.4. The van der Waals surface area contributed by atoms with Crippen LogP contribution in [-0.4, -0.2) is 34.9 Å². The van der Waals surface area contributed by atoms with Crippen LogP contribution in [0.25, 0.3) is 0 Å². The van der Waals surface area contributed by atoms with Crippen molar-refractivity contribution in [1.82, 2.24) is 5.32 Å². The molecular weight excluding hydrogens is 699 g/mol. The van der Waals surface area contributed by atoms with Gasteiger partial charge in [0.1, 0.15) is 0 Å². The zero-order chi connectivity index (χ0) is 41.4. The number of amides is 1. The summed E-state index contributed by atoms with van der Waals surface area (Å²) in [5, 5.41) is 23.1. The molecule has 0 bridgehead atoms. The van der Waals surface area contributed by atoms with Crippen molar-refractivity contribution in [1.29, 1.82) is 0 Å². The molecule has 0 aliphatic heterocycles. The van der Waals surface area contributed by atoms with Crippen LogP contribution >= 0.6 is 0 Å². The molecule has 3 N–H and O–H groups in total. The van der Waals surface area contributed by atoms with Crippen LogP contribution < -0.4 is 5.32 Å². The maximum absolute atomic E-state index is 12.4. The van der Waals surface area contributed by atoms with Gasteiger partial charge < -0.3 is 15.5 Å². The van der Waals surface area contributed by atoms with Gasteiger partial charge in [0.25, 0.3) is 0 Å². The molecule has 4 nitrogen and oxygen atoms in total. The Hall–Kier alpha value is -1.65. The lowest BCUT2D eigenvalue weighted by Crippen LogP contribution is -2.45. The Morgan fingerprint density at radius 3 is 1.02 bits per heavy atom. The molecule has 334 valence electrons. The summed E-state index contributed by atoms with van der Waals surface area (Å²) in [6.45, 7) is 4.31. The SMILES string of the molecule is CCCCCCCCC/C=C\CCCCCCCCCC(=O)NC(CO)C(O)/C=C/CC/C=C/CC/C=C/CCCCCCCCCCCCCCCCCCC. The van der Waals surface area contributed by atoms with E-state index in [0.717, 1.165) is 38.5 Å². The molecular formula is C53H99NO3. The number of rotatable bonds is 46. The van der Waals surface area contributed by atoms with E-state index in [9.17, 15) is 15.0 Å². The fourth-order valence-corrected chi connectivity index (χ4v) is 7.62. The highest BCUT2D eigenvalue weighted by molar-refractivity contribution is 5.76. The van der Waals surface area contributed by atoms with Crippen molar-refractivity contribution in [3.8, 4) is 0 Å². The van der Waals surface area contributed by atoms with E-state index in [2.05, 4.69) is 55.6 Å². The molecule has 0 aliphatic carbocycles. The van der Waals surface area contributed by atoms with Crippen LogP contribution in [0.2, 0.25) is 0 Å². The Morgan fingerprint density at radius 2 is 0.684 bits per heavy atom. The van der Waals surface area contributed by atoms with E-state index in [0.29, 0.717) is 6.42 Å². The maximum Gasteiger partial charge on any atom is 0.220 e. The monoisotopic (exact) mass is 798 g/mol. The first kappa shape index (κ1) is 55.4. The molecule has 4 heteroatoms. The lowest BCUT2D eigenvalue weighted by atomic mass is 10.0. The highest BCUT2D eigenvalue weighted by Crippen LogP contribution is 2.15. The Labute approximate surface area is 356 Å². The number of aliphatic hydroxyl groups excluding tert-OH is 2. The molecule has 1 amide bonds. The minimum atomic E-state index is -0.873. The molecule has 0 aromatic rings. The quantitative estimate of drug-likeness (QED) is 0.0424. The summed E-state index contributed by atoms with van der Waals surface area (Å²) in [4.78, 5) is 12.4. The molecule has 0 radical (unpaired) electrons. The fraction of sp³-hybridized carbons (Fsp3) is 0.830. The Morgan fingerprint density at radius 1 is 0.404 bits per heavy atom. The van der Waals surface area contributed by atoms with Crippen LogP contribution in [-0.2, 0) is 4.79 Å². The lowest BCUT2D eigenvalue weighted by molar-refractivity contribution is -0.123. The third-order valence-corrected chi connectivity index (χ3v) is 11.5. The number of hydrogen-bond acceptors (Lipinski definition) is 3. The molecule has 0 fully saturated rings. The lowest BCUT2D eigenvalue weighted by Gasteiger charge is -2.19. The molecule has 0 heterocycles. The van der Waals surface area contributed by atoms with E-state index in [1.165, 1.54) is 205 Å². The highest BCUT2D eigenvalue weighted by atomic mass is 16.3. The second-order valence-electron chi connectivity index (χ2n) is 17.2. The molecule has 0 saturated heterocycles. The van der Waals surface area contributed by atoms with Crippen LogP contribution in [0.4, 0.5) is 0 Å². The number of nitrogens with one attached hydrogen (secondary N) is 1. The van der Waals surface area contributed by atoms with Crippen molar-refractivity contribution >= 4 is 5.91 Å². The van der Waals surface area contributed by atoms with Crippen molar-refractivity contribution in [2.75, 3.05) is 6.61 Å². The molecule has 0 aliphatic rings. The summed E-state index contributed by atoms with van der Waals surface area (Å²) < 4.78 is 0. The summed E-state index contributed by atoms with van der Waals surface area (Å²) in [6, 6.07) is -0.648. The average Bonchev–Trinajstić information content (AvgIpc) is 3.22. The van der Waals surface area contributed by atoms with Crippen LogP contribution in [0.1, 0.15) is 264 Å². The standard InChI is InChI=1S/C53H99NO3/c1-3-5-7-9-11-13-15-17-19-21-23-24-25-26-27-28-29-30-31-32-34-36-38-40-42-44-46-48-52(56)51(50-55)54-53(57)49-47-45-43-41-39-37-35-33-22-20-18-16-14-12-10-8-6-4-2/h20,22,31-32,38,40,46,48,51-52,55-56H,3-19,21,23-30,33-37,39,41-45,47,49-50H2,1-2H3,(H,54,57)/b22-20-,32-31+,40-38+,48-46+. The van der Waals surface area contributed by atoms with Gasteiger partial charge in [0, 0.05) is 6.42 Å². The van der Waals surface area contributed by atoms with Gasteiger partial charge in [-0.25, -0.2) is 0 Å². The Bertz CT molecular complexity index is 908. The van der Waals surface area contributed by atoms with E-state index in [4.69, 9.17) is 0 Å². The molecule has 2 atom stereocenters. The first-order chi connectivity index (χ1) is 28.2. The van der Waals surface area contributed by atoms with E-state index in [1.807, 2.05) is 6.08 Å². The number of carbonyl (C=O) groups is 1. The summed E-state index contributed by atoms with van der Waals surface area (Å²) in [5.41, 5.74) is 0. The van der Waals surface area contributed by atoms with Gasteiger partial charge in [0.15, 0.2) is 0 Å². The second kappa shape index (κ2) is 48.7.